The van der Waals surface area contributed by atoms with Gasteiger partial charge in [0, 0.05) is 16.4 Å². The third-order valence-corrected chi connectivity index (χ3v) is 4.22. The van der Waals surface area contributed by atoms with Crippen LogP contribution < -0.4 is 5.73 Å². The van der Waals surface area contributed by atoms with Crippen LogP contribution in [0.3, 0.4) is 0 Å². The van der Waals surface area contributed by atoms with Crippen molar-refractivity contribution in [3.8, 4) is 11.5 Å². The van der Waals surface area contributed by atoms with E-state index in [1.807, 2.05) is 23.6 Å². The fourth-order valence-electron chi connectivity index (χ4n) is 2.35. The number of halogens is 1. The number of nitrogens with two attached hydrogens (primary N) is 1. The highest BCUT2D eigenvalue weighted by atomic mass is 35.5. The van der Waals surface area contributed by atoms with Crippen molar-refractivity contribution in [3.63, 3.8) is 0 Å². The monoisotopic (exact) mass is 290 g/mol. The van der Waals surface area contributed by atoms with E-state index >= 15 is 0 Å². The first-order chi connectivity index (χ1) is 9.22. The maximum atomic E-state index is 6.04. The lowest BCUT2D eigenvalue weighted by Gasteiger charge is -2.05. The zero-order chi connectivity index (χ0) is 13.0. The highest BCUT2D eigenvalue weighted by molar-refractivity contribution is 7.13. The Morgan fingerprint density at radius 2 is 2.16 bits per heavy atom. The van der Waals surface area contributed by atoms with Crippen LogP contribution in [0.5, 0.6) is 0 Å². The van der Waals surface area contributed by atoms with Crippen LogP contribution in [-0.2, 0) is 0 Å². The molecule has 96 valence electrons. The summed E-state index contributed by atoms with van der Waals surface area (Å²) in [6.45, 7) is 0. The van der Waals surface area contributed by atoms with Crippen molar-refractivity contribution in [2.75, 3.05) is 5.73 Å². The van der Waals surface area contributed by atoms with Crippen LogP contribution in [0.2, 0.25) is 5.02 Å². The average molecular weight is 291 g/mol. The number of benzene rings is 1. The molecule has 1 aliphatic rings. The molecule has 0 radical (unpaired) electrons. The largest absolute Gasteiger partial charge is 0.375 e. The van der Waals surface area contributed by atoms with Gasteiger partial charge in [0.15, 0.2) is 11.0 Å². The Hall–Kier alpha value is -1.59. The minimum absolute atomic E-state index is 0.532. The first kappa shape index (κ1) is 11.3. The standard InChI is InChI=1S/C13H11ClN4S/c14-7-1-4-11-9(5-7)16-12(18(11)8-2-3-8)10-6-19-13(15)17-10/h1,4-6,8H,2-3H2,(H2,15,17). The normalized spacial score (nSPS) is 15.2. The number of fused-ring (bicyclic) bond motifs is 1. The van der Waals surface area contributed by atoms with Crippen LogP contribution in [0.15, 0.2) is 23.6 Å². The molecular formula is C13H11ClN4S. The highest BCUT2D eigenvalue weighted by Gasteiger charge is 2.29. The Bertz CT molecular complexity index is 772. The van der Waals surface area contributed by atoms with Crippen LogP contribution in [0.4, 0.5) is 5.13 Å². The van der Waals surface area contributed by atoms with E-state index in [4.69, 9.17) is 17.3 Å². The lowest BCUT2D eigenvalue weighted by molar-refractivity contribution is 0.773. The molecule has 3 aromatic rings. The van der Waals surface area contributed by atoms with Crippen molar-refractivity contribution >= 4 is 39.1 Å². The Morgan fingerprint density at radius 3 is 2.84 bits per heavy atom. The molecule has 0 saturated heterocycles. The van der Waals surface area contributed by atoms with Gasteiger partial charge in [-0.1, -0.05) is 11.6 Å². The van der Waals surface area contributed by atoms with E-state index in [2.05, 4.69) is 14.5 Å². The molecule has 2 N–H and O–H groups in total. The molecular weight excluding hydrogens is 280 g/mol. The smallest absolute Gasteiger partial charge is 0.180 e. The third kappa shape index (κ3) is 1.81. The number of thiazole rings is 1. The second-order valence-corrected chi connectivity index (χ2v) is 6.07. The first-order valence-corrected chi connectivity index (χ1v) is 7.37. The highest BCUT2D eigenvalue weighted by Crippen LogP contribution is 2.41. The van der Waals surface area contributed by atoms with Gasteiger partial charge in [0.25, 0.3) is 0 Å². The molecule has 4 rings (SSSR count). The molecule has 4 nitrogen and oxygen atoms in total. The summed E-state index contributed by atoms with van der Waals surface area (Å²) in [4.78, 5) is 9.03. The topological polar surface area (TPSA) is 56.7 Å². The van der Waals surface area contributed by atoms with Crippen LogP contribution in [-0.4, -0.2) is 14.5 Å². The van der Waals surface area contributed by atoms with Crippen molar-refractivity contribution < 1.29 is 0 Å². The van der Waals surface area contributed by atoms with E-state index in [1.165, 1.54) is 24.2 Å². The third-order valence-electron chi connectivity index (χ3n) is 3.31. The molecule has 6 heteroatoms. The van der Waals surface area contributed by atoms with Crippen molar-refractivity contribution in [1.29, 1.82) is 0 Å². The van der Waals surface area contributed by atoms with Gasteiger partial charge in [0.1, 0.15) is 5.69 Å². The van der Waals surface area contributed by atoms with Gasteiger partial charge in [0.05, 0.1) is 11.0 Å². The summed E-state index contributed by atoms with van der Waals surface area (Å²) in [6.07, 6.45) is 2.39. The number of nitrogens with zero attached hydrogens (tertiary/aromatic N) is 3. The fraction of sp³-hybridized carbons (Fsp3) is 0.231. The van der Waals surface area contributed by atoms with Crippen LogP contribution in [0.1, 0.15) is 18.9 Å². The van der Waals surface area contributed by atoms with Crippen LogP contribution in [0.25, 0.3) is 22.6 Å². The number of aromatic nitrogens is 3. The molecule has 1 fully saturated rings. The van der Waals surface area contributed by atoms with Crippen molar-refractivity contribution in [2.45, 2.75) is 18.9 Å². The summed E-state index contributed by atoms with van der Waals surface area (Å²) in [5, 5.41) is 3.23. The van der Waals surface area contributed by atoms with Gasteiger partial charge >= 0.3 is 0 Å². The van der Waals surface area contributed by atoms with Crippen molar-refractivity contribution in [1.82, 2.24) is 14.5 Å². The summed E-state index contributed by atoms with van der Waals surface area (Å²) >= 11 is 7.48. The molecule has 0 unspecified atom stereocenters. The number of hydrogen-bond acceptors (Lipinski definition) is 4. The van der Waals surface area contributed by atoms with Gasteiger partial charge in [-0.3, -0.25) is 0 Å². The minimum atomic E-state index is 0.532. The summed E-state index contributed by atoms with van der Waals surface area (Å²) in [5.41, 5.74) is 8.61. The Balaban J connectivity index is 2.01. The summed E-state index contributed by atoms with van der Waals surface area (Å²) < 4.78 is 2.26. The van der Waals surface area contributed by atoms with E-state index in [1.54, 1.807) is 0 Å². The van der Waals surface area contributed by atoms with Gasteiger partial charge in [-0.15, -0.1) is 11.3 Å². The maximum absolute atomic E-state index is 6.04. The lowest BCUT2D eigenvalue weighted by atomic mass is 10.3. The Labute approximate surface area is 118 Å². The fourth-order valence-corrected chi connectivity index (χ4v) is 3.05. The average Bonchev–Trinajstić information content (AvgIpc) is 3.02. The molecule has 1 saturated carbocycles. The predicted octanol–water partition coefficient (Wildman–Crippen LogP) is 3.73. The van der Waals surface area contributed by atoms with Crippen molar-refractivity contribution in [3.05, 3.63) is 28.6 Å². The summed E-state index contributed by atoms with van der Waals surface area (Å²) in [6, 6.07) is 6.37. The Morgan fingerprint density at radius 1 is 1.32 bits per heavy atom. The molecule has 0 amide bonds. The van der Waals surface area contributed by atoms with Crippen molar-refractivity contribution in [2.24, 2.45) is 0 Å². The zero-order valence-corrected chi connectivity index (χ0v) is 11.6. The van der Waals surface area contributed by atoms with E-state index < -0.39 is 0 Å². The van der Waals surface area contributed by atoms with Gasteiger partial charge in [0.2, 0.25) is 0 Å². The number of rotatable bonds is 2. The maximum Gasteiger partial charge on any atom is 0.180 e. The van der Waals surface area contributed by atoms with Gasteiger partial charge < -0.3 is 10.3 Å². The molecule has 1 aliphatic carbocycles. The second kappa shape index (κ2) is 3.95. The molecule has 2 heterocycles. The zero-order valence-electron chi connectivity index (χ0n) is 10.0. The molecule has 19 heavy (non-hydrogen) atoms. The molecule has 0 aliphatic heterocycles. The number of nitrogen functional groups attached to an aromatic ring is 1. The number of imidazole rings is 1. The van der Waals surface area contributed by atoms with E-state index in [0.717, 1.165) is 22.6 Å². The summed E-state index contributed by atoms with van der Waals surface area (Å²) in [5.74, 6) is 0.896. The SMILES string of the molecule is Nc1nc(-c2nc3cc(Cl)ccc3n2C2CC2)cs1. The number of anilines is 1. The Kier molecular flexibility index (Phi) is 2.34. The van der Waals surface area contributed by atoms with Crippen LogP contribution >= 0.6 is 22.9 Å². The first-order valence-electron chi connectivity index (χ1n) is 6.11. The van der Waals surface area contributed by atoms with Gasteiger partial charge in [-0.2, -0.15) is 0 Å². The van der Waals surface area contributed by atoms with Gasteiger partial charge in [-0.05, 0) is 31.0 Å². The van der Waals surface area contributed by atoms with Gasteiger partial charge in [-0.25, -0.2) is 9.97 Å². The molecule has 0 bridgehead atoms. The van der Waals surface area contributed by atoms with E-state index in [0.29, 0.717) is 16.2 Å². The lowest BCUT2D eigenvalue weighted by Crippen LogP contribution is -1.97. The van der Waals surface area contributed by atoms with E-state index in [-0.39, 0.29) is 0 Å². The van der Waals surface area contributed by atoms with E-state index in [9.17, 15) is 0 Å². The predicted molar refractivity (Wildman–Crippen MR) is 78.5 cm³/mol. The minimum Gasteiger partial charge on any atom is -0.375 e. The molecule has 1 aromatic carbocycles. The molecule has 0 atom stereocenters. The molecule has 0 spiro atoms. The number of hydrogen-bond donors (Lipinski definition) is 1. The molecule has 2 aromatic heterocycles. The van der Waals surface area contributed by atoms with Crippen LogP contribution in [0, 0.1) is 0 Å². The quantitative estimate of drug-likeness (QED) is 0.782. The second-order valence-electron chi connectivity index (χ2n) is 4.74. The summed E-state index contributed by atoms with van der Waals surface area (Å²) in [7, 11) is 0.